The van der Waals surface area contributed by atoms with Crippen molar-refractivity contribution in [3.05, 3.63) is 45.9 Å². The van der Waals surface area contributed by atoms with Gasteiger partial charge in [-0.3, -0.25) is 0 Å². The fourth-order valence-electron chi connectivity index (χ4n) is 1.79. The van der Waals surface area contributed by atoms with Crippen molar-refractivity contribution in [1.82, 2.24) is 5.32 Å². The van der Waals surface area contributed by atoms with Crippen LogP contribution in [0.5, 0.6) is 11.5 Å². The molecule has 0 amide bonds. The Bertz CT molecular complexity index is 542. The van der Waals surface area contributed by atoms with E-state index in [9.17, 15) is 4.39 Å². The molecular formula is C14H16FNO2S. The highest BCUT2D eigenvalue weighted by atomic mass is 32.1. The minimum atomic E-state index is -0.157. The third kappa shape index (κ3) is 3.68. The molecule has 19 heavy (non-hydrogen) atoms. The van der Waals surface area contributed by atoms with Gasteiger partial charge in [0.2, 0.25) is 0 Å². The van der Waals surface area contributed by atoms with Crippen LogP contribution in [0.25, 0.3) is 0 Å². The second-order valence-electron chi connectivity index (χ2n) is 3.99. The normalized spacial score (nSPS) is 10.5. The minimum absolute atomic E-state index is 0.157. The van der Waals surface area contributed by atoms with Crippen LogP contribution in [0.15, 0.2) is 30.3 Å². The second kappa shape index (κ2) is 6.54. The molecule has 5 heteroatoms. The van der Waals surface area contributed by atoms with Gasteiger partial charge in [0.25, 0.3) is 0 Å². The van der Waals surface area contributed by atoms with Gasteiger partial charge in [-0.25, -0.2) is 0 Å². The zero-order chi connectivity index (χ0) is 13.7. The standard InChI is InChI=1S/C14H16FNO2S/c1-17-11-3-5-13(18-2)10(7-11)8-16-9-12-4-6-14(15)19-12/h3-7,16H,8-9H2,1-2H3. The van der Waals surface area contributed by atoms with Crippen LogP contribution in [0.2, 0.25) is 0 Å². The Hall–Kier alpha value is -1.59. The number of rotatable bonds is 6. The first-order valence-electron chi connectivity index (χ1n) is 5.88. The third-order valence-electron chi connectivity index (χ3n) is 2.73. The predicted molar refractivity (Wildman–Crippen MR) is 74.4 cm³/mol. The van der Waals surface area contributed by atoms with Crippen LogP contribution in [0, 0.1) is 5.13 Å². The summed E-state index contributed by atoms with van der Waals surface area (Å²) in [4.78, 5) is 0.972. The molecule has 0 unspecified atom stereocenters. The van der Waals surface area contributed by atoms with Crippen molar-refractivity contribution in [2.24, 2.45) is 0 Å². The first-order chi connectivity index (χ1) is 9.22. The fraction of sp³-hybridized carbons (Fsp3) is 0.286. The number of hydrogen-bond acceptors (Lipinski definition) is 4. The van der Waals surface area contributed by atoms with Gasteiger partial charge in [0.05, 0.1) is 14.2 Å². The SMILES string of the molecule is COc1ccc(OC)c(CNCc2ccc(F)s2)c1. The van der Waals surface area contributed by atoms with Crippen LogP contribution in [0.4, 0.5) is 4.39 Å². The van der Waals surface area contributed by atoms with E-state index >= 15 is 0 Å². The number of nitrogens with one attached hydrogen (secondary N) is 1. The molecule has 2 aromatic rings. The molecule has 0 aliphatic carbocycles. The minimum Gasteiger partial charge on any atom is -0.497 e. The van der Waals surface area contributed by atoms with Crippen molar-refractivity contribution in [3.63, 3.8) is 0 Å². The summed E-state index contributed by atoms with van der Waals surface area (Å²) >= 11 is 1.16. The van der Waals surface area contributed by atoms with E-state index in [1.54, 1.807) is 20.3 Å². The number of ether oxygens (including phenoxy) is 2. The van der Waals surface area contributed by atoms with Gasteiger partial charge in [0.15, 0.2) is 5.13 Å². The molecular weight excluding hydrogens is 265 g/mol. The lowest BCUT2D eigenvalue weighted by molar-refractivity contribution is 0.397. The van der Waals surface area contributed by atoms with E-state index in [-0.39, 0.29) is 5.13 Å². The van der Waals surface area contributed by atoms with Crippen molar-refractivity contribution in [2.45, 2.75) is 13.1 Å². The van der Waals surface area contributed by atoms with Gasteiger partial charge < -0.3 is 14.8 Å². The van der Waals surface area contributed by atoms with Gasteiger partial charge >= 0.3 is 0 Å². The summed E-state index contributed by atoms with van der Waals surface area (Å²) in [5, 5.41) is 3.11. The van der Waals surface area contributed by atoms with Gasteiger partial charge in [-0.15, -0.1) is 11.3 Å². The number of halogens is 1. The second-order valence-corrected chi connectivity index (χ2v) is 5.11. The van der Waals surface area contributed by atoms with E-state index in [4.69, 9.17) is 9.47 Å². The van der Waals surface area contributed by atoms with Crippen LogP contribution >= 0.6 is 11.3 Å². The topological polar surface area (TPSA) is 30.5 Å². The molecule has 0 spiro atoms. The summed E-state index contributed by atoms with van der Waals surface area (Å²) < 4.78 is 23.3. The predicted octanol–water partition coefficient (Wildman–Crippen LogP) is 3.19. The summed E-state index contributed by atoms with van der Waals surface area (Å²) in [7, 11) is 3.27. The quantitative estimate of drug-likeness (QED) is 0.882. The number of thiophene rings is 1. The molecule has 0 bridgehead atoms. The number of methoxy groups -OCH3 is 2. The lowest BCUT2D eigenvalue weighted by atomic mass is 10.2. The fourth-order valence-corrected chi connectivity index (χ4v) is 2.48. The molecule has 0 radical (unpaired) electrons. The van der Waals surface area contributed by atoms with Gasteiger partial charge in [-0.05, 0) is 30.3 Å². The summed E-state index contributed by atoms with van der Waals surface area (Å²) in [6, 6.07) is 8.93. The van der Waals surface area contributed by atoms with Crippen LogP contribution in [-0.2, 0) is 13.1 Å². The van der Waals surface area contributed by atoms with Gasteiger partial charge in [-0.2, -0.15) is 4.39 Å². The molecule has 0 aliphatic rings. The van der Waals surface area contributed by atoms with Crippen LogP contribution in [-0.4, -0.2) is 14.2 Å². The molecule has 2 rings (SSSR count). The first-order valence-corrected chi connectivity index (χ1v) is 6.70. The van der Waals surface area contributed by atoms with Crippen molar-refractivity contribution in [1.29, 1.82) is 0 Å². The average molecular weight is 281 g/mol. The van der Waals surface area contributed by atoms with Gasteiger partial charge in [-0.1, -0.05) is 0 Å². The molecule has 3 nitrogen and oxygen atoms in total. The van der Waals surface area contributed by atoms with E-state index < -0.39 is 0 Å². The molecule has 102 valence electrons. The van der Waals surface area contributed by atoms with Gasteiger partial charge in [0, 0.05) is 23.5 Å². The van der Waals surface area contributed by atoms with E-state index in [1.165, 1.54) is 6.07 Å². The number of benzene rings is 1. The van der Waals surface area contributed by atoms with Crippen LogP contribution in [0.1, 0.15) is 10.4 Å². The molecule has 1 N–H and O–H groups in total. The lowest BCUT2D eigenvalue weighted by Crippen LogP contribution is -2.12. The van der Waals surface area contributed by atoms with E-state index in [0.29, 0.717) is 13.1 Å². The Balaban J connectivity index is 1.98. The van der Waals surface area contributed by atoms with Crippen molar-refractivity contribution >= 4 is 11.3 Å². The van der Waals surface area contributed by atoms with Gasteiger partial charge in [0.1, 0.15) is 11.5 Å². The highest BCUT2D eigenvalue weighted by Crippen LogP contribution is 2.24. The Kier molecular flexibility index (Phi) is 4.76. The van der Waals surface area contributed by atoms with Crippen LogP contribution in [0.3, 0.4) is 0 Å². The maximum atomic E-state index is 12.8. The average Bonchev–Trinajstić information content (AvgIpc) is 2.84. The molecule has 0 fully saturated rings. The van der Waals surface area contributed by atoms with Crippen molar-refractivity contribution in [2.75, 3.05) is 14.2 Å². The Morgan fingerprint density at radius 1 is 1.11 bits per heavy atom. The maximum Gasteiger partial charge on any atom is 0.176 e. The summed E-state index contributed by atoms with van der Waals surface area (Å²) in [5.74, 6) is 1.60. The zero-order valence-electron chi connectivity index (χ0n) is 10.9. The van der Waals surface area contributed by atoms with E-state index in [2.05, 4.69) is 5.32 Å². The summed E-state index contributed by atoms with van der Waals surface area (Å²) in [6.45, 7) is 1.27. The summed E-state index contributed by atoms with van der Waals surface area (Å²) in [6.07, 6.45) is 0. The molecule has 0 saturated heterocycles. The highest BCUT2D eigenvalue weighted by Gasteiger charge is 2.05. The Morgan fingerprint density at radius 2 is 1.95 bits per heavy atom. The third-order valence-corrected chi connectivity index (χ3v) is 3.60. The molecule has 1 heterocycles. The zero-order valence-corrected chi connectivity index (χ0v) is 11.7. The molecule has 0 saturated carbocycles. The monoisotopic (exact) mass is 281 g/mol. The summed E-state index contributed by atoms with van der Waals surface area (Å²) in [5.41, 5.74) is 1.01. The Morgan fingerprint density at radius 3 is 2.58 bits per heavy atom. The first kappa shape index (κ1) is 13.8. The molecule has 1 aromatic carbocycles. The largest absolute Gasteiger partial charge is 0.497 e. The smallest absolute Gasteiger partial charge is 0.176 e. The molecule has 0 atom stereocenters. The van der Waals surface area contributed by atoms with Crippen LogP contribution < -0.4 is 14.8 Å². The van der Waals surface area contributed by atoms with Crippen molar-refractivity contribution in [3.8, 4) is 11.5 Å². The van der Waals surface area contributed by atoms with E-state index in [1.807, 2.05) is 18.2 Å². The molecule has 1 aromatic heterocycles. The Labute approximate surface area is 116 Å². The van der Waals surface area contributed by atoms with E-state index in [0.717, 1.165) is 33.3 Å². The number of hydrogen-bond donors (Lipinski definition) is 1. The lowest BCUT2D eigenvalue weighted by Gasteiger charge is -2.11. The van der Waals surface area contributed by atoms with Crippen molar-refractivity contribution < 1.29 is 13.9 Å². The highest BCUT2D eigenvalue weighted by molar-refractivity contribution is 7.10. The maximum absolute atomic E-state index is 12.8. The molecule has 0 aliphatic heterocycles.